The third-order valence-electron chi connectivity index (χ3n) is 11.8. The minimum atomic E-state index is -1.99. The molecule has 0 saturated carbocycles. The van der Waals surface area contributed by atoms with Gasteiger partial charge in [0, 0.05) is 37.3 Å². The van der Waals surface area contributed by atoms with E-state index in [-0.39, 0.29) is 31.4 Å². The fraction of sp³-hybridized carbons (Fsp3) is 0.921. The zero-order valence-corrected chi connectivity index (χ0v) is 35.2. The third kappa shape index (κ3) is 11.1. The topological polar surface area (TPSA) is 218 Å². The van der Waals surface area contributed by atoms with Crippen LogP contribution in [0.3, 0.4) is 0 Å². The van der Waals surface area contributed by atoms with Crippen molar-refractivity contribution in [3.8, 4) is 5.40 Å². The van der Waals surface area contributed by atoms with Crippen LogP contribution in [0.4, 0.5) is 0 Å². The van der Waals surface area contributed by atoms with Crippen molar-refractivity contribution in [2.45, 2.75) is 179 Å². The maximum Gasteiger partial charge on any atom is 0.311 e. The molecule has 3 aliphatic heterocycles. The number of thiocyanates is 1. The first-order chi connectivity index (χ1) is 24.8. The molecule has 0 bridgehead atoms. The van der Waals surface area contributed by atoms with Crippen LogP contribution >= 0.6 is 12.6 Å². The summed E-state index contributed by atoms with van der Waals surface area (Å²) < 4.78 is 37.1. The molecule has 3 heterocycles. The van der Waals surface area contributed by atoms with Crippen LogP contribution in [-0.2, 0) is 38.0 Å². The highest BCUT2D eigenvalue weighted by Gasteiger charge is 2.53. The van der Waals surface area contributed by atoms with E-state index >= 15 is 0 Å². The summed E-state index contributed by atoms with van der Waals surface area (Å²) in [6.45, 7) is 16.3. The number of aliphatic hydroxyl groups excluding tert-OH is 3. The molecule has 1 unspecified atom stereocenters. The van der Waals surface area contributed by atoms with Gasteiger partial charge in [-0.2, -0.15) is 5.26 Å². The summed E-state index contributed by atoms with van der Waals surface area (Å²) in [7, 11) is 5.18. The fourth-order valence-corrected chi connectivity index (χ4v) is 8.41. The van der Waals surface area contributed by atoms with Crippen LogP contribution in [0.2, 0.25) is 0 Å². The predicted molar refractivity (Wildman–Crippen MR) is 201 cm³/mol. The molecular formula is C38H68N2O13S. The number of ether oxygens (including phenoxy) is 6. The maximum absolute atomic E-state index is 14.1. The second-order valence-corrected chi connectivity index (χ2v) is 16.8. The van der Waals surface area contributed by atoms with Crippen LogP contribution in [0, 0.1) is 34.3 Å². The third-order valence-corrected chi connectivity index (χ3v) is 11.8. The number of rotatable bonds is 7. The van der Waals surface area contributed by atoms with Gasteiger partial charge in [0.25, 0.3) is 0 Å². The first-order valence-corrected chi connectivity index (χ1v) is 19.4. The zero-order valence-electron chi connectivity index (χ0n) is 34.3. The summed E-state index contributed by atoms with van der Waals surface area (Å²) in [5.41, 5.74) is -4.84. The van der Waals surface area contributed by atoms with Crippen molar-refractivity contribution in [3.05, 3.63) is 0 Å². The van der Waals surface area contributed by atoms with Crippen LogP contribution in [0.5, 0.6) is 0 Å². The van der Waals surface area contributed by atoms with Crippen molar-refractivity contribution in [1.29, 1.82) is 5.26 Å². The molecule has 3 rings (SSSR count). The molecule has 18 atom stereocenters. The minimum absolute atomic E-state index is 0.0936. The standard InChI is InChI=1S/C37H67NO13.CHNS/c1-14-25-37(10,45)30(41)20(4)27(39)18(2)16-35(8,44)32(51-34-28(40)24(38(11)12)15-19(3)47-34)21(5)29(22(6)33(43)49-25)50-26-17-36(9,46-13)31(42)23(7)48-26;2-1-3/h18-26,28-32,34,40-42,44-45H,14-17H2,1-13H3;3H/t18-,19-,20+,21+,22-,23+,24+,25-,26+,28-,29?,30-,31+,32-,34+,35-,36-,37-;/m1./s1. The molecule has 3 fully saturated rings. The first-order valence-electron chi connectivity index (χ1n) is 18.9. The number of hydrogen-bond donors (Lipinski definition) is 6. The Labute approximate surface area is 327 Å². The zero-order chi connectivity index (χ0) is 41.7. The number of nitrogens with zero attached hydrogens (tertiary/aromatic N) is 2. The molecule has 0 radical (unpaired) electrons. The summed E-state index contributed by atoms with van der Waals surface area (Å²) in [6, 6.07) is -0.324. The number of ketones is 1. The van der Waals surface area contributed by atoms with Gasteiger partial charge in [0.05, 0.1) is 47.6 Å². The lowest BCUT2D eigenvalue weighted by Crippen LogP contribution is -2.61. The molecule has 5 N–H and O–H groups in total. The number of aliphatic hydroxyl groups is 5. The molecule has 54 heavy (non-hydrogen) atoms. The Bertz CT molecular complexity index is 1270. The molecule has 0 amide bonds. The maximum atomic E-state index is 14.1. The molecule has 0 aliphatic carbocycles. The van der Waals surface area contributed by atoms with Crippen LogP contribution < -0.4 is 0 Å². The van der Waals surface area contributed by atoms with Gasteiger partial charge >= 0.3 is 5.97 Å². The van der Waals surface area contributed by atoms with Gasteiger partial charge in [-0.15, -0.1) is 0 Å². The monoisotopic (exact) mass is 792 g/mol. The normalized spacial score (nSPS) is 47.1. The van der Waals surface area contributed by atoms with Gasteiger partial charge in [-0.3, -0.25) is 9.59 Å². The highest BCUT2D eigenvalue weighted by molar-refractivity contribution is 7.85. The number of Topliss-reactive ketones (excluding diaryl/α,β-unsaturated/α-hetero) is 1. The number of cyclic esters (lactones) is 1. The molecule has 3 saturated heterocycles. The summed E-state index contributed by atoms with van der Waals surface area (Å²) in [6.07, 6.45) is -9.71. The smallest absolute Gasteiger partial charge is 0.311 e. The number of hydrogen-bond acceptors (Lipinski definition) is 16. The summed E-state index contributed by atoms with van der Waals surface area (Å²) in [5, 5.41) is 66.2. The average molecular weight is 793 g/mol. The van der Waals surface area contributed by atoms with E-state index < -0.39 is 108 Å². The molecule has 0 aromatic heterocycles. The Balaban J connectivity index is 0.00000325. The predicted octanol–water partition coefficient (Wildman–Crippen LogP) is 2.18. The highest BCUT2D eigenvalue weighted by atomic mass is 32.1. The number of carbonyl (C=O) groups excluding carboxylic acids is 2. The van der Waals surface area contributed by atoms with E-state index in [4.69, 9.17) is 33.7 Å². The van der Waals surface area contributed by atoms with Gasteiger partial charge < -0.3 is 58.9 Å². The van der Waals surface area contributed by atoms with Crippen LogP contribution in [0.25, 0.3) is 0 Å². The quantitative estimate of drug-likeness (QED) is 0.124. The second kappa shape index (κ2) is 19.8. The Morgan fingerprint density at radius 3 is 2.04 bits per heavy atom. The lowest BCUT2D eigenvalue weighted by Gasteiger charge is -2.49. The second-order valence-electron chi connectivity index (χ2n) is 16.6. The van der Waals surface area contributed by atoms with E-state index in [1.54, 1.807) is 41.5 Å². The number of likely N-dealkylation sites (N-methyl/N-ethyl adjacent to an activating group) is 1. The summed E-state index contributed by atoms with van der Waals surface area (Å²) >= 11 is 3.09. The van der Waals surface area contributed by atoms with Crippen molar-refractivity contribution in [1.82, 2.24) is 4.90 Å². The molecular weight excluding hydrogens is 724 g/mol. The Morgan fingerprint density at radius 2 is 1.52 bits per heavy atom. The van der Waals surface area contributed by atoms with Crippen LogP contribution in [0.1, 0.15) is 94.9 Å². The van der Waals surface area contributed by atoms with E-state index in [9.17, 15) is 35.1 Å². The highest BCUT2D eigenvalue weighted by Crippen LogP contribution is 2.40. The van der Waals surface area contributed by atoms with Crippen molar-refractivity contribution >= 4 is 24.4 Å². The summed E-state index contributed by atoms with van der Waals surface area (Å²) in [4.78, 5) is 29.8. The van der Waals surface area contributed by atoms with Crippen LogP contribution in [-0.4, -0.2) is 148 Å². The van der Waals surface area contributed by atoms with Gasteiger partial charge in [-0.05, 0) is 74.9 Å². The van der Waals surface area contributed by atoms with Gasteiger partial charge in [-0.25, -0.2) is 0 Å². The molecule has 15 nitrogen and oxygen atoms in total. The number of esters is 1. The van der Waals surface area contributed by atoms with Crippen molar-refractivity contribution in [2.24, 2.45) is 23.7 Å². The average Bonchev–Trinajstić information content (AvgIpc) is 3.09. The molecule has 0 aromatic carbocycles. The van der Waals surface area contributed by atoms with Gasteiger partial charge in [-0.1, -0.05) is 40.3 Å². The van der Waals surface area contributed by atoms with Crippen molar-refractivity contribution in [2.75, 3.05) is 21.2 Å². The minimum Gasteiger partial charge on any atom is -0.459 e. The fourth-order valence-electron chi connectivity index (χ4n) is 8.41. The Kier molecular flexibility index (Phi) is 17.9. The summed E-state index contributed by atoms with van der Waals surface area (Å²) in [5.74, 6) is -4.98. The van der Waals surface area contributed by atoms with Crippen LogP contribution in [0.15, 0.2) is 0 Å². The van der Waals surface area contributed by atoms with E-state index in [0.29, 0.717) is 6.42 Å². The lowest BCUT2D eigenvalue weighted by atomic mass is 9.74. The Hall–Kier alpha value is -1.46. The van der Waals surface area contributed by atoms with Gasteiger partial charge in [0.1, 0.15) is 35.1 Å². The molecule has 314 valence electrons. The number of nitriles is 1. The SMILES string of the molecule is CC[C@H]1OC(=O)[C@H](C)C(O[C@H]2C[C@@](C)(OC)[C@@H](O)[C@H](C)O2)[C@H](C)[C@@H](O[C@@H]2O[C@H](C)C[C@H](N(C)C)[C@H]2O)[C@](C)(O)C[C@@H](C)C(=O)[C@H](C)[C@@H](O)[C@]1(C)O.N#CS. The Morgan fingerprint density at radius 1 is 0.944 bits per heavy atom. The molecule has 0 spiro atoms. The van der Waals surface area contributed by atoms with E-state index in [2.05, 4.69) is 12.6 Å². The molecule has 16 heteroatoms. The van der Waals surface area contributed by atoms with Gasteiger partial charge in [0.2, 0.25) is 0 Å². The first kappa shape index (κ1) is 48.7. The lowest BCUT2D eigenvalue weighted by molar-refractivity contribution is -0.318. The van der Waals surface area contributed by atoms with E-state index in [1.807, 2.05) is 25.9 Å². The van der Waals surface area contributed by atoms with Crippen molar-refractivity contribution in [3.63, 3.8) is 0 Å². The van der Waals surface area contributed by atoms with E-state index in [0.717, 1.165) is 0 Å². The van der Waals surface area contributed by atoms with Gasteiger partial charge in [0.15, 0.2) is 12.6 Å². The largest absolute Gasteiger partial charge is 0.459 e. The van der Waals surface area contributed by atoms with Crippen molar-refractivity contribution < 1.29 is 63.5 Å². The van der Waals surface area contributed by atoms with E-state index in [1.165, 1.54) is 33.3 Å². The molecule has 3 aliphatic rings. The number of thiol groups is 1. The molecule has 0 aromatic rings. The number of methoxy groups -OCH3 is 1. The number of carbonyl (C=O) groups is 2.